The molecule has 0 aliphatic carbocycles. The molecule has 0 spiro atoms. The van der Waals surface area contributed by atoms with Crippen LogP contribution < -0.4 is 10.6 Å². The summed E-state index contributed by atoms with van der Waals surface area (Å²) >= 11 is 0. The van der Waals surface area contributed by atoms with Gasteiger partial charge in [0.25, 0.3) is 0 Å². The third-order valence-corrected chi connectivity index (χ3v) is 3.78. The molecule has 2 nitrogen and oxygen atoms in total. The first-order valence-corrected chi connectivity index (χ1v) is 6.08. The highest BCUT2D eigenvalue weighted by Gasteiger charge is 2.25. The molecule has 0 saturated carbocycles. The summed E-state index contributed by atoms with van der Waals surface area (Å²) in [6, 6.07) is 4.63. The predicted molar refractivity (Wildman–Crippen MR) is 61.9 cm³/mol. The van der Waals surface area contributed by atoms with E-state index in [1.165, 1.54) is 44.3 Å². The summed E-state index contributed by atoms with van der Waals surface area (Å²) in [6.07, 6.45) is 5.19. The molecule has 0 bridgehead atoms. The monoisotopic (exact) mass is 203 g/mol. The molecule has 1 aromatic carbocycles. The molecule has 0 radical (unpaired) electrons. The Morgan fingerprint density at radius 2 is 1.93 bits per heavy atom. The van der Waals surface area contributed by atoms with E-state index < -0.39 is 0 Å². The zero-order valence-corrected chi connectivity index (χ0v) is 9.26. The second-order valence-electron chi connectivity index (χ2n) is 4.66. The van der Waals surface area contributed by atoms with Crippen molar-refractivity contribution in [3.63, 3.8) is 0 Å². The maximum atomic E-state index is 4.04. The zero-order chi connectivity index (χ0) is 10.3. The molecule has 15 heavy (non-hydrogen) atoms. The standard InChI is InChI=1S/C13H18N2/c14-9-11-6-5-10-3-1-7-15-8-2-4-12(11)13(10)15/h5-6H,1-4,7-9,14H2/p+1. The van der Waals surface area contributed by atoms with Crippen LogP contribution in [0.3, 0.4) is 0 Å². The van der Waals surface area contributed by atoms with Crippen molar-refractivity contribution in [2.24, 2.45) is 0 Å². The Morgan fingerprint density at radius 3 is 2.73 bits per heavy atom. The van der Waals surface area contributed by atoms with Crippen molar-refractivity contribution in [1.29, 1.82) is 0 Å². The largest absolute Gasteiger partial charge is 0.371 e. The number of aryl methyl sites for hydroxylation is 1. The molecule has 1 aromatic rings. The average Bonchev–Trinajstić information content (AvgIpc) is 2.30. The van der Waals surface area contributed by atoms with E-state index in [2.05, 4.69) is 22.8 Å². The Balaban J connectivity index is 2.18. The average molecular weight is 203 g/mol. The lowest BCUT2D eigenvalue weighted by Gasteiger charge is -2.37. The molecule has 0 amide bonds. The van der Waals surface area contributed by atoms with Gasteiger partial charge in [0, 0.05) is 24.3 Å². The fraction of sp³-hybridized carbons (Fsp3) is 0.538. The predicted octanol–water partition coefficient (Wildman–Crippen LogP) is 1.13. The third-order valence-electron chi connectivity index (χ3n) is 3.78. The highest BCUT2D eigenvalue weighted by Crippen LogP contribution is 2.36. The van der Waals surface area contributed by atoms with Crippen molar-refractivity contribution in [2.75, 3.05) is 18.0 Å². The van der Waals surface area contributed by atoms with Gasteiger partial charge in [-0.05, 0) is 36.8 Å². The Kier molecular flexibility index (Phi) is 2.17. The normalized spacial score (nSPS) is 18.9. The van der Waals surface area contributed by atoms with E-state index in [0.29, 0.717) is 0 Å². The fourth-order valence-electron chi connectivity index (χ4n) is 3.08. The number of nitrogens with zero attached hydrogens (tertiary/aromatic N) is 1. The summed E-state index contributed by atoms with van der Waals surface area (Å²) in [6.45, 7) is 3.47. The number of quaternary nitrogens is 1. The van der Waals surface area contributed by atoms with Crippen LogP contribution in [0.2, 0.25) is 0 Å². The van der Waals surface area contributed by atoms with Crippen molar-refractivity contribution >= 4 is 5.69 Å². The van der Waals surface area contributed by atoms with Gasteiger partial charge in [0.15, 0.2) is 0 Å². The number of hydrogen-bond acceptors (Lipinski definition) is 1. The van der Waals surface area contributed by atoms with E-state index in [1.807, 2.05) is 0 Å². The molecule has 3 N–H and O–H groups in total. The first-order valence-electron chi connectivity index (χ1n) is 6.08. The minimum Gasteiger partial charge on any atom is -0.371 e. The van der Waals surface area contributed by atoms with Crippen molar-refractivity contribution < 1.29 is 5.73 Å². The lowest BCUT2D eigenvalue weighted by Crippen LogP contribution is -2.48. The van der Waals surface area contributed by atoms with E-state index in [0.717, 1.165) is 6.54 Å². The van der Waals surface area contributed by atoms with Gasteiger partial charge in [-0.2, -0.15) is 0 Å². The topological polar surface area (TPSA) is 30.9 Å². The van der Waals surface area contributed by atoms with Gasteiger partial charge in [-0.3, -0.25) is 0 Å². The first kappa shape index (κ1) is 9.22. The maximum Gasteiger partial charge on any atom is 0.100 e. The van der Waals surface area contributed by atoms with Crippen molar-refractivity contribution in [3.05, 3.63) is 28.8 Å². The summed E-state index contributed by atoms with van der Waals surface area (Å²) in [5.74, 6) is 0. The molecular weight excluding hydrogens is 184 g/mol. The number of benzene rings is 1. The summed E-state index contributed by atoms with van der Waals surface area (Å²) in [4.78, 5) is 2.59. The van der Waals surface area contributed by atoms with E-state index in [4.69, 9.17) is 0 Å². The van der Waals surface area contributed by atoms with Crippen molar-refractivity contribution in [2.45, 2.75) is 32.2 Å². The van der Waals surface area contributed by atoms with E-state index in [-0.39, 0.29) is 0 Å². The van der Waals surface area contributed by atoms with Crippen molar-refractivity contribution in [3.8, 4) is 0 Å². The molecule has 2 heteroatoms. The lowest BCUT2D eigenvalue weighted by molar-refractivity contribution is -0.386. The summed E-state index contributed by atoms with van der Waals surface area (Å²) in [5.41, 5.74) is 10.3. The van der Waals surface area contributed by atoms with Crippen LogP contribution in [0, 0.1) is 0 Å². The van der Waals surface area contributed by atoms with Crippen molar-refractivity contribution in [1.82, 2.24) is 0 Å². The van der Waals surface area contributed by atoms with Crippen LogP contribution in [0.5, 0.6) is 0 Å². The molecule has 0 atom stereocenters. The minimum atomic E-state index is 0.941. The fourth-order valence-corrected chi connectivity index (χ4v) is 3.08. The number of anilines is 1. The quantitative estimate of drug-likeness (QED) is 0.728. The van der Waals surface area contributed by atoms with Gasteiger partial charge in [-0.1, -0.05) is 12.1 Å². The summed E-state index contributed by atoms with van der Waals surface area (Å²) < 4.78 is 0. The Labute approximate surface area is 91.1 Å². The van der Waals surface area contributed by atoms with Gasteiger partial charge in [0.2, 0.25) is 0 Å². The molecule has 0 aromatic heterocycles. The zero-order valence-electron chi connectivity index (χ0n) is 9.26. The summed E-state index contributed by atoms with van der Waals surface area (Å²) in [7, 11) is 0. The molecule has 0 unspecified atom stereocenters. The van der Waals surface area contributed by atoms with Crippen LogP contribution in [0.15, 0.2) is 12.1 Å². The smallest absolute Gasteiger partial charge is 0.100 e. The third kappa shape index (κ3) is 1.36. The summed E-state index contributed by atoms with van der Waals surface area (Å²) in [5, 5.41) is 0. The highest BCUT2D eigenvalue weighted by molar-refractivity contribution is 5.65. The Bertz CT molecular complexity index is 382. The van der Waals surface area contributed by atoms with Crippen LogP contribution in [0.4, 0.5) is 5.69 Å². The van der Waals surface area contributed by atoms with Gasteiger partial charge in [0.05, 0.1) is 0 Å². The minimum absolute atomic E-state index is 0.941. The van der Waals surface area contributed by atoms with Crippen LogP contribution in [-0.2, 0) is 19.4 Å². The highest BCUT2D eigenvalue weighted by atomic mass is 15.1. The van der Waals surface area contributed by atoms with Gasteiger partial charge >= 0.3 is 0 Å². The molecule has 3 rings (SSSR count). The molecule has 2 aliphatic heterocycles. The van der Waals surface area contributed by atoms with Gasteiger partial charge in [-0.15, -0.1) is 0 Å². The first-order chi connectivity index (χ1) is 7.40. The van der Waals surface area contributed by atoms with Crippen LogP contribution >= 0.6 is 0 Å². The molecule has 0 saturated heterocycles. The molecule has 80 valence electrons. The maximum absolute atomic E-state index is 4.04. The second-order valence-corrected chi connectivity index (χ2v) is 4.66. The van der Waals surface area contributed by atoms with Crippen LogP contribution in [0.25, 0.3) is 0 Å². The van der Waals surface area contributed by atoms with E-state index >= 15 is 0 Å². The molecule has 2 heterocycles. The Hall–Kier alpha value is -1.02. The molecule has 2 aliphatic rings. The van der Waals surface area contributed by atoms with Gasteiger partial charge in [0.1, 0.15) is 6.54 Å². The van der Waals surface area contributed by atoms with Crippen LogP contribution in [-0.4, -0.2) is 13.1 Å². The lowest BCUT2D eigenvalue weighted by atomic mass is 9.89. The van der Waals surface area contributed by atoms with Crippen LogP contribution in [0.1, 0.15) is 29.5 Å². The number of hydrogen-bond donors (Lipinski definition) is 1. The SMILES string of the molecule is [NH3+]Cc1ccc2c3c1CCCN3CCC2. The van der Waals surface area contributed by atoms with E-state index in [1.54, 1.807) is 16.8 Å². The Morgan fingerprint density at radius 1 is 1.13 bits per heavy atom. The molecule has 0 fully saturated rings. The van der Waals surface area contributed by atoms with Gasteiger partial charge < -0.3 is 10.6 Å². The number of rotatable bonds is 1. The molecular formula is C13H19N2+. The van der Waals surface area contributed by atoms with Gasteiger partial charge in [-0.25, -0.2) is 0 Å². The second kappa shape index (κ2) is 3.53. The van der Waals surface area contributed by atoms with E-state index in [9.17, 15) is 0 Å².